The van der Waals surface area contributed by atoms with E-state index in [1.807, 2.05) is 0 Å². The van der Waals surface area contributed by atoms with Crippen LogP contribution in [0.5, 0.6) is 0 Å². The molecule has 0 amide bonds. The molecule has 42 heavy (non-hydrogen) atoms. The standard InChI is InChI=1S/C41H31N/c1-2-12-28(13-3-1)32-24-25-39(42-27-32)41-37-21-8-6-19-35(37)40(36-20-7-9-22-38(36)41)31-17-10-16-30(26-31)34-23-11-15-29-14-4-5-18-33(29)34/h1-2,4-12,14-23,26-27H,3,13,24-25H2. The number of fused-ring (bicyclic) bond motifs is 3. The van der Waals surface area contributed by atoms with E-state index in [0.717, 1.165) is 25.7 Å². The first-order chi connectivity index (χ1) is 20.8. The molecule has 0 fully saturated rings. The maximum Gasteiger partial charge on any atom is 0.0491 e. The lowest BCUT2D eigenvalue weighted by molar-refractivity contribution is 0.904. The molecule has 1 aliphatic carbocycles. The van der Waals surface area contributed by atoms with Gasteiger partial charge in [0.1, 0.15) is 0 Å². The Kier molecular flexibility index (Phi) is 6.15. The summed E-state index contributed by atoms with van der Waals surface area (Å²) in [5.74, 6) is 0. The Bertz CT molecular complexity index is 2070. The number of rotatable bonds is 4. The molecule has 1 heteroatoms. The van der Waals surface area contributed by atoms with Crippen LogP contribution < -0.4 is 0 Å². The Balaban J connectivity index is 1.33. The lowest BCUT2D eigenvalue weighted by atomic mass is 9.84. The van der Waals surface area contributed by atoms with Crippen molar-refractivity contribution in [2.45, 2.75) is 25.7 Å². The molecule has 0 aromatic heterocycles. The van der Waals surface area contributed by atoms with Crippen LogP contribution in [0.25, 0.3) is 54.6 Å². The molecule has 2 aliphatic rings. The maximum absolute atomic E-state index is 5.13. The maximum atomic E-state index is 5.13. The van der Waals surface area contributed by atoms with Gasteiger partial charge < -0.3 is 0 Å². The zero-order chi connectivity index (χ0) is 27.9. The highest BCUT2D eigenvalue weighted by Gasteiger charge is 2.21. The van der Waals surface area contributed by atoms with Crippen LogP contribution >= 0.6 is 0 Å². The van der Waals surface area contributed by atoms with E-state index >= 15 is 0 Å². The molecule has 0 bridgehead atoms. The number of hydrogen-bond donors (Lipinski definition) is 0. The molecule has 1 nitrogen and oxygen atoms in total. The first-order valence-electron chi connectivity index (χ1n) is 15.0. The molecule has 6 aromatic rings. The van der Waals surface area contributed by atoms with Crippen LogP contribution in [0.4, 0.5) is 0 Å². The number of nitrogens with zero attached hydrogens (tertiary/aromatic N) is 1. The first kappa shape index (κ1) is 24.8. The van der Waals surface area contributed by atoms with Gasteiger partial charge in [-0.05, 0) is 97.5 Å². The second-order valence-electron chi connectivity index (χ2n) is 11.3. The van der Waals surface area contributed by atoms with Gasteiger partial charge in [-0.15, -0.1) is 0 Å². The molecule has 0 radical (unpaired) electrons. The predicted octanol–water partition coefficient (Wildman–Crippen LogP) is 11.2. The van der Waals surface area contributed by atoms with E-state index in [1.54, 1.807) is 0 Å². The van der Waals surface area contributed by atoms with Gasteiger partial charge >= 0.3 is 0 Å². The highest BCUT2D eigenvalue weighted by atomic mass is 14.7. The number of aliphatic imine (C=N–C) groups is 1. The third-order valence-corrected chi connectivity index (χ3v) is 8.91. The van der Waals surface area contributed by atoms with Crippen LogP contribution in [-0.2, 0) is 0 Å². The van der Waals surface area contributed by atoms with Crippen LogP contribution in [0.1, 0.15) is 31.2 Å². The number of benzene rings is 6. The summed E-state index contributed by atoms with van der Waals surface area (Å²) in [6.45, 7) is 0. The van der Waals surface area contributed by atoms with Gasteiger partial charge in [-0.25, -0.2) is 0 Å². The average Bonchev–Trinajstić information content (AvgIpc) is 3.07. The van der Waals surface area contributed by atoms with E-state index < -0.39 is 0 Å². The molecular formula is C41H31N. The molecule has 0 saturated carbocycles. The van der Waals surface area contributed by atoms with E-state index in [1.165, 1.54) is 77.0 Å². The van der Waals surface area contributed by atoms with Gasteiger partial charge in [-0.3, -0.25) is 4.99 Å². The van der Waals surface area contributed by atoms with Crippen molar-refractivity contribution in [3.63, 3.8) is 0 Å². The summed E-state index contributed by atoms with van der Waals surface area (Å²) in [5, 5.41) is 7.65. The summed E-state index contributed by atoms with van der Waals surface area (Å²) in [6, 6.07) is 42.1. The van der Waals surface area contributed by atoms with Crippen LogP contribution in [0.3, 0.4) is 0 Å². The number of hydrogen-bond acceptors (Lipinski definition) is 1. The largest absolute Gasteiger partial charge is 0.260 e. The average molecular weight is 538 g/mol. The number of allylic oxidation sites excluding steroid dienone is 5. The summed E-state index contributed by atoms with van der Waals surface area (Å²) in [7, 11) is 0. The molecule has 0 unspecified atom stereocenters. The van der Waals surface area contributed by atoms with Gasteiger partial charge in [-0.2, -0.15) is 0 Å². The van der Waals surface area contributed by atoms with Crippen molar-refractivity contribution in [1.29, 1.82) is 0 Å². The minimum Gasteiger partial charge on any atom is -0.260 e. The predicted molar refractivity (Wildman–Crippen MR) is 180 cm³/mol. The van der Waals surface area contributed by atoms with Gasteiger partial charge in [0.25, 0.3) is 0 Å². The lowest BCUT2D eigenvalue weighted by Crippen LogP contribution is -2.09. The Morgan fingerprint density at radius 2 is 1.14 bits per heavy atom. The van der Waals surface area contributed by atoms with Crippen LogP contribution in [0, 0.1) is 0 Å². The van der Waals surface area contributed by atoms with Crippen molar-refractivity contribution >= 4 is 38.0 Å². The smallest absolute Gasteiger partial charge is 0.0491 e. The van der Waals surface area contributed by atoms with Gasteiger partial charge in [0.15, 0.2) is 0 Å². The second-order valence-corrected chi connectivity index (χ2v) is 11.3. The van der Waals surface area contributed by atoms with E-state index in [2.05, 4.69) is 140 Å². The summed E-state index contributed by atoms with van der Waals surface area (Å²) < 4.78 is 0. The normalized spacial score (nSPS) is 15.1. The third kappa shape index (κ3) is 4.21. The Labute approximate surface area is 246 Å². The molecule has 6 aromatic carbocycles. The highest BCUT2D eigenvalue weighted by Crippen LogP contribution is 2.42. The second kappa shape index (κ2) is 10.4. The van der Waals surface area contributed by atoms with E-state index in [0.29, 0.717) is 0 Å². The Morgan fingerprint density at radius 1 is 0.500 bits per heavy atom. The van der Waals surface area contributed by atoms with Crippen molar-refractivity contribution in [2.75, 3.05) is 0 Å². The SMILES string of the molecule is C1=CCCC(C2=CN=C(c3c4ccccc4c(-c4cccc(-c5cccc6ccccc56)c4)c4ccccc34)CC2)=C1. The monoisotopic (exact) mass is 537 g/mol. The Hall–Kier alpha value is -5.01. The highest BCUT2D eigenvalue weighted by molar-refractivity contribution is 6.26. The summed E-state index contributed by atoms with van der Waals surface area (Å²) >= 11 is 0. The molecule has 0 N–H and O–H groups in total. The van der Waals surface area contributed by atoms with Crippen molar-refractivity contribution < 1.29 is 0 Å². The van der Waals surface area contributed by atoms with Gasteiger partial charge in [0.2, 0.25) is 0 Å². The summed E-state index contributed by atoms with van der Waals surface area (Å²) in [6.07, 6.45) is 13.1. The molecule has 0 saturated heterocycles. The van der Waals surface area contributed by atoms with Gasteiger partial charge in [0.05, 0.1) is 0 Å². The minimum atomic E-state index is 0.955. The van der Waals surface area contributed by atoms with Gasteiger partial charge in [0, 0.05) is 17.5 Å². The van der Waals surface area contributed by atoms with Crippen LogP contribution in [0.2, 0.25) is 0 Å². The molecule has 8 rings (SSSR count). The van der Waals surface area contributed by atoms with Gasteiger partial charge in [-0.1, -0.05) is 127 Å². The quantitative estimate of drug-likeness (QED) is 0.198. The zero-order valence-corrected chi connectivity index (χ0v) is 23.6. The Morgan fingerprint density at radius 3 is 1.83 bits per heavy atom. The van der Waals surface area contributed by atoms with E-state index in [9.17, 15) is 0 Å². The minimum absolute atomic E-state index is 0.955. The van der Waals surface area contributed by atoms with Crippen molar-refractivity contribution in [3.05, 3.63) is 156 Å². The van der Waals surface area contributed by atoms with E-state index in [-0.39, 0.29) is 0 Å². The zero-order valence-electron chi connectivity index (χ0n) is 23.6. The summed E-state index contributed by atoms with van der Waals surface area (Å²) in [5.41, 5.74) is 10.3. The lowest BCUT2D eigenvalue weighted by Gasteiger charge is -2.22. The summed E-state index contributed by atoms with van der Waals surface area (Å²) in [4.78, 5) is 5.13. The molecule has 1 heterocycles. The first-order valence-corrected chi connectivity index (χ1v) is 15.0. The fourth-order valence-electron chi connectivity index (χ4n) is 6.91. The molecule has 0 spiro atoms. The third-order valence-electron chi connectivity index (χ3n) is 8.91. The van der Waals surface area contributed by atoms with E-state index in [4.69, 9.17) is 4.99 Å². The fourth-order valence-corrected chi connectivity index (χ4v) is 6.91. The van der Waals surface area contributed by atoms with Crippen LogP contribution in [0.15, 0.2) is 156 Å². The molecule has 200 valence electrons. The molecular weight excluding hydrogens is 506 g/mol. The molecule has 0 atom stereocenters. The fraction of sp³-hybridized carbons (Fsp3) is 0.0976. The van der Waals surface area contributed by atoms with Crippen molar-refractivity contribution in [2.24, 2.45) is 4.99 Å². The van der Waals surface area contributed by atoms with Crippen molar-refractivity contribution in [1.82, 2.24) is 0 Å². The van der Waals surface area contributed by atoms with Crippen LogP contribution in [-0.4, -0.2) is 5.71 Å². The molecule has 1 aliphatic heterocycles. The van der Waals surface area contributed by atoms with Crippen molar-refractivity contribution in [3.8, 4) is 22.3 Å². The topological polar surface area (TPSA) is 12.4 Å².